The molecule has 0 aliphatic heterocycles. The first-order valence-corrected chi connectivity index (χ1v) is 4.68. The van der Waals surface area contributed by atoms with Gasteiger partial charge >= 0.3 is 0 Å². The molecule has 58 valence electrons. The van der Waals surface area contributed by atoms with Crippen molar-refractivity contribution in [3.63, 3.8) is 0 Å². The lowest BCUT2D eigenvalue weighted by atomic mass is 9.89. The maximum absolute atomic E-state index is 2.47. The molecular weight excluding hydrogens is 120 g/mol. The Morgan fingerprint density at radius 2 is 2.00 bits per heavy atom. The smallest absolute Gasteiger partial charge is 0.0529 e. The summed E-state index contributed by atoms with van der Waals surface area (Å²) in [6, 6.07) is 0. The van der Waals surface area contributed by atoms with Gasteiger partial charge in [0.05, 0.1) is 18.8 Å². The molecule has 0 bridgehead atoms. The lowest BCUT2D eigenvalue weighted by molar-refractivity contribution is 0.404. The van der Waals surface area contributed by atoms with Gasteiger partial charge in [-0.1, -0.05) is 12.8 Å². The van der Waals surface area contributed by atoms with Crippen molar-refractivity contribution in [1.29, 1.82) is 0 Å². The van der Waals surface area contributed by atoms with E-state index in [9.17, 15) is 0 Å². The third-order valence-corrected chi connectivity index (χ3v) is 2.75. The molecule has 0 N–H and O–H groups in total. The van der Waals surface area contributed by atoms with Gasteiger partial charge in [0.1, 0.15) is 0 Å². The predicted molar refractivity (Wildman–Crippen MR) is 45.7 cm³/mol. The Morgan fingerprint density at radius 3 is 2.50 bits per heavy atom. The van der Waals surface area contributed by atoms with Crippen LogP contribution in [0.2, 0.25) is 0 Å². The van der Waals surface area contributed by atoms with Crippen molar-refractivity contribution in [2.45, 2.75) is 46.0 Å². The molecule has 0 spiro atoms. The molecule has 0 aromatic carbocycles. The van der Waals surface area contributed by atoms with Gasteiger partial charge in [0, 0.05) is 5.92 Å². The summed E-state index contributed by atoms with van der Waals surface area (Å²) in [6.45, 7) is 4.62. The van der Waals surface area contributed by atoms with E-state index < -0.39 is 0 Å². The highest BCUT2D eigenvalue weighted by atomic mass is 14.3. The standard InChI is InChI=1S/C10H19/c1-3-6-9(2)10-7-4-5-8-10/h6,9-10H,3-5,7-8H2,1-2H3/q+1. The summed E-state index contributed by atoms with van der Waals surface area (Å²) in [5, 5.41) is 0. The number of rotatable bonds is 3. The molecule has 1 aliphatic rings. The molecule has 1 unspecified atom stereocenters. The third kappa shape index (κ3) is 1.93. The van der Waals surface area contributed by atoms with Crippen LogP contribution in [-0.2, 0) is 0 Å². The minimum Gasteiger partial charge on any atom is -0.0529 e. The summed E-state index contributed by atoms with van der Waals surface area (Å²) < 4.78 is 0. The van der Waals surface area contributed by atoms with Crippen LogP contribution in [0, 0.1) is 18.3 Å². The Hall–Kier alpha value is -0.130. The maximum Gasteiger partial charge on any atom is 0.0977 e. The zero-order chi connectivity index (χ0) is 7.40. The van der Waals surface area contributed by atoms with Crippen molar-refractivity contribution in [3.8, 4) is 0 Å². The van der Waals surface area contributed by atoms with Crippen LogP contribution < -0.4 is 0 Å². The fourth-order valence-electron chi connectivity index (χ4n) is 2.05. The molecular formula is C10H19+. The molecule has 1 saturated carbocycles. The SMILES string of the molecule is CC[CH+]C(C)C1CCCC1. The second-order valence-corrected chi connectivity index (χ2v) is 3.55. The zero-order valence-corrected chi connectivity index (χ0v) is 7.27. The molecule has 0 heterocycles. The molecule has 10 heavy (non-hydrogen) atoms. The Labute approximate surface area is 65.0 Å². The lowest BCUT2D eigenvalue weighted by Gasteiger charge is -2.09. The molecule has 0 aromatic heterocycles. The van der Waals surface area contributed by atoms with E-state index in [1.54, 1.807) is 0 Å². The van der Waals surface area contributed by atoms with Gasteiger partial charge in [-0.15, -0.1) is 0 Å². The first kappa shape index (κ1) is 7.97. The summed E-state index contributed by atoms with van der Waals surface area (Å²) in [5.74, 6) is 1.91. The first-order valence-electron chi connectivity index (χ1n) is 4.68. The average Bonchev–Trinajstić information content (AvgIpc) is 2.38. The molecule has 1 atom stereocenters. The van der Waals surface area contributed by atoms with Crippen LogP contribution >= 0.6 is 0 Å². The highest BCUT2D eigenvalue weighted by molar-refractivity contribution is 4.80. The van der Waals surface area contributed by atoms with E-state index in [1.807, 2.05) is 0 Å². The average molecular weight is 139 g/mol. The van der Waals surface area contributed by atoms with Gasteiger partial charge in [-0.05, 0) is 26.7 Å². The second-order valence-electron chi connectivity index (χ2n) is 3.55. The van der Waals surface area contributed by atoms with E-state index in [0.717, 1.165) is 11.8 Å². The van der Waals surface area contributed by atoms with Gasteiger partial charge in [0.15, 0.2) is 0 Å². The van der Waals surface area contributed by atoms with Crippen LogP contribution in [0.15, 0.2) is 0 Å². The summed E-state index contributed by atoms with van der Waals surface area (Å²) in [7, 11) is 0. The van der Waals surface area contributed by atoms with Crippen molar-refractivity contribution in [2.75, 3.05) is 0 Å². The van der Waals surface area contributed by atoms with Crippen LogP contribution in [-0.4, -0.2) is 0 Å². The minimum absolute atomic E-state index is 0.882. The van der Waals surface area contributed by atoms with Crippen LogP contribution in [0.1, 0.15) is 46.0 Å². The molecule has 0 heteroatoms. The maximum atomic E-state index is 2.47. The van der Waals surface area contributed by atoms with E-state index in [2.05, 4.69) is 20.3 Å². The van der Waals surface area contributed by atoms with E-state index in [4.69, 9.17) is 0 Å². The summed E-state index contributed by atoms with van der Waals surface area (Å²) in [6.07, 6.45) is 9.64. The van der Waals surface area contributed by atoms with Crippen LogP contribution in [0.25, 0.3) is 0 Å². The van der Waals surface area contributed by atoms with Gasteiger partial charge in [0.25, 0.3) is 0 Å². The number of hydrogen-bond donors (Lipinski definition) is 0. The normalized spacial score (nSPS) is 23.0. The van der Waals surface area contributed by atoms with Gasteiger partial charge in [0.2, 0.25) is 0 Å². The topological polar surface area (TPSA) is 0 Å². The van der Waals surface area contributed by atoms with E-state index in [1.165, 1.54) is 32.1 Å². The van der Waals surface area contributed by atoms with Crippen molar-refractivity contribution in [3.05, 3.63) is 6.42 Å². The predicted octanol–water partition coefficient (Wildman–Crippen LogP) is 3.43. The van der Waals surface area contributed by atoms with Crippen LogP contribution in [0.5, 0.6) is 0 Å². The summed E-state index contributed by atoms with van der Waals surface area (Å²) in [4.78, 5) is 0. The molecule has 0 nitrogen and oxygen atoms in total. The fourth-order valence-corrected chi connectivity index (χ4v) is 2.05. The molecule has 0 amide bonds. The Bertz CT molecular complexity index is 80.0. The van der Waals surface area contributed by atoms with Crippen molar-refractivity contribution in [1.82, 2.24) is 0 Å². The van der Waals surface area contributed by atoms with E-state index in [0.29, 0.717) is 0 Å². The highest BCUT2D eigenvalue weighted by Crippen LogP contribution is 2.32. The Kier molecular flexibility index (Phi) is 3.11. The fraction of sp³-hybridized carbons (Fsp3) is 0.900. The van der Waals surface area contributed by atoms with Gasteiger partial charge in [-0.2, -0.15) is 0 Å². The molecule has 1 fully saturated rings. The van der Waals surface area contributed by atoms with Gasteiger partial charge in [-0.25, -0.2) is 0 Å². The Morgan fingerprint density at radius 1 is 1.40 bits per heavy atom. The lowest BCUT2D eigenvalue weighted by Crippen LogP contribution is -2.07. The molecule has 1 rings (SSSR count). The second kappa shape index (κ2) is 3.90. The molecule has 0 radical (unpaired) electrons. The molecule has 0 aromatic rings. The van der Waals surface area contributed by atoms with Crippen molar-refractivity contribution < 1.29 is 0 Å². The van der Waals surface area contributed by atoms with Crippen molar-refractivity contribution >= 4 is 0 Å². The van der Waals surface area contributed by atoms with Crippen LogP contribution in [0.3, 0.4) is 0 Å². The highest BCUT2D eigenvalue weighted by Gasteiger charge is 2.25. The summed E-state index contributed by atoms with van der Waals surface area (Å²) >= 11 is 0. The third-order valence-electron chi connectivity index (χ3n) is 2.75. The largest absolute Gasteiger partial charge is 0.0977 e. The number of hydrogen-bond acceptors (Lipinski definition) is 0. The Balaban J connectivity index is 2.18. The van der Waals surface area contributed by atoms with Gasteiger partial charge < -0.3 is 0 Å². The zero-order valence-electron chi connectivity index (χ0n) is 7.27. The van der Waals surface area contributed by atoms with E-state index >= 15 is 0 Å². The molecule has 1 aliphatic carbocycles. The van der Waals surface area contributed by atoms with Gasteiger partial charge in [-0.3, -0.25) is 0 Å². The van der Waals surface area contributed by atoms with Crippen LogP contribution in [0.4, 0.5) is 0 Å². The monoisotopic (exact) mass is 139 g/mol. The minimum atomic E-state index is 0.882. The summed E-state index contributed by atoms with van der Waals surface area (Å²) in [5.41, 5.74) is 0. The first-order chi connectivity index (χ1) is 4.84. The van der Waals surface area contributed by atoms with Crippen molar-refractivity contribution in [2.24, 2.45) is 11.8 Å². The quantitative estimate of drug-likeness (QED) is 0.525. The molecule has 0 saturated heterocycles. The van der Waals surface area contributed by atoms with E-state index in [-0.39, 0.29) is 0 Å².